The molecule has 1 heterocycles. The number of carbonyl (C=O) groups excluding carboxylic acids is 1. The van der Waals surface area contributed by atoms with Gasteiger partial charge in [0.25, 0.3) is 0 Å². The molecule has 116 valence electrons. The minimum Gasteiger partial charge on any atom is -0.468 e. The standard InChI is InChI=1S/C17H26N2O2/c1-12-5-6-15(13(2)9-12)10-16(17(20)21-4)19-8-7-18-14(3)11-19/h5-6,9,14,16,18H,7-8,10-11H2,1-4H3/t14?,16-/m0/s1. The Labute approximate surface area is 127 Å². The van der Waals surface area contributed by atoms with Gasteiger partial charge in [0.05, 0.1) is 7.11 Å². The number of hydrogen-bond donors (Lipinski definition) is 1. The number of aryl methyl sites for hydroxylation is 2. The smallest absolute Gasteiger partial charge is 0.323 e. The molecule has 1 aromatic rings. The minimum atomic E-state index is -0.194. The van der Waals surface area contributed by atoms with Gasteiger partial charge < -0.3 is 10.1 Å². The van der Waals surface area contributed by atoms with Crippen molar-refractivity contribution in [2.75, 3.05) is 26.7 Å². The highest BCUT2D eigenvalue weighted by atomic mass is 16.5. The topological polar surface area (TPSA) is 41.6 Å². The zero-order valence-corrected chi connectivity index (χ0v) is 13.5. The van der Waals surface area contributed by atoms with E-state index < -0.39 is 0 Å². The third kappa shape index (κ3) is 4.05. The van der Waals surface area contributed by atoms with Crippen LogP contribution in [0.4, 0.5) is 0 Å². The van der Waals surface area contributed by atoms with Gasteiger partial charge in [-0.1, -0.05) is 23.8 Å². The van der Waals surface area contributed by atoms with E-state index in [-0.39, 0.29) is 12.0 Å². The Kier molecular flexibility index (Phi) is 5.37. The molecule has 21 heavy (non-hydrogen) atoms. The average molecular weight is 290 g/mol. The summed E-state index contributed by atoms with van der Waals surface area (Å²) >= 11 is 0. The van der Waals surface area contributed by atoms with Gasteiger partial charge in [-0.2, -0.15) is 0 Å². The minimum absolute atomic E-state index is 0.135. The highest BCUT2D eigenvalue weighted by Gasteiger charge is 2.30. The van der Waals surface area contributed by atoms with Crippen LogP contribution < -0.4 is 5.32 Å². The molecule has 1 aromatic carbocycles. The molecule has 0 spiro atoms. The van der Waals surface area contributed by atoms with Crippen molar-refractivity contribution in [3.63, 3.8) is 0 Å². The first-order valence-electron chi connectivity index (χ1n) is 7.62. The maximum atomic E-state index is 12.2. The largest absolute Gasteiger partial charge is 0.468 e. The molecule has 2 rings (SSSR count). The molecule has 4 heteroatoms. The van der Waals surface area contributed by atoms with E-state index in [0.717, 1.165) is 19.6 Å². The van der Waals surface area contributed by atoms with Gasteiger partial charge >= 0.3 is 5.97 Å². The number of nitrogens with one attached hydrogen (secondary N) is 1. The fourth-order valence-corrected chi connectivity index (χ4v) is 3.03. The molecule has 0 aliphatic carbocycles. The lowest BCUT2D eigenvalue weighted by Gasteiger charge is -2.36. The van der Waals surface area contributed by atoms with Crippen LogP contribution in [0.25, 0.3) is 0 Å². The molecule has 1 aliphatic rings. The Morgan fingerprint density at radius 3 is 2.86 bits per heavy atom. The number of rotatable bonds is 4. The quantitative estimate of drug-likeness (QED) is 0.857. The first-order valence-corrected chi connectivity index (χ1v) is 7.62. The van der Waals surface area contributed by atoms with Crippen LogP contribution in [0.3, 0.4) is 0 Å². The molecular formula is C17H26N2O2. The molecule has 1 saturated heterocycles. The summed E-state index contributed by atoms with van der Waals surface area (Å²) in [4.78, 5) is 14.5. The predicted octanol–water partition coefficient (Wildman–Crippen LogP) is 1.68. The van der Waals surface area contributed by atoms with Crippen molar-refractivity contribution in [2.45, 2.75) is 39.3 Å². The Hall–Kier alpha value is -1.39. The van der Waals surface area contributed by atoms with Crippen LogP contribution in [0.1, 0.15) is 23.6 Å². The van der Waals surface area contributed by atoms with Gasteiger partial charge in [0.15, 0.2) is 0 Å². The Bertz CT molecular complexity index is 502. The summed E-state index contributed by atoms with van der Waals surface area (Å²) in [6.07, 6.45) is 0.714. The molecule has 0 aromatic heterocycles. The molecule has 0 amide bonds. The molecule has 1 fully saturated rings. The second kappa shape index (κ2) is 7.05. The van der Waals surface area contributed by atoms with Crippen molar-refractivity contribution < 1.29 is 9.53 Å². The monoisotopic (exact) mass is 290 g/mol. The molecular weight excluding hydrogens is 264 g/mol. The first kappa shape index (κ1) is 16.0. The number of carbonyl (C=O) groups is 1. The van der Waals surface area contributed by atoms with Crippen molar-refractivity contribution in [3.05, 3.63) is 34.9 Å². The maximum Gasteiger partial charge on any atom is 0.323 e. The first-order chi connectivity index (χ1) is 10.0. The van der Waals surface area contributed by atoms with Crippen LogP contribution in [0.15, 0.2) is 18.2 Å². The summed E-state index contributed by atoms with van der Waals surface area (Å²) in [5, 5.41) is 3.41. The molecule has 1 unspecified atom stereocenters. The number of benzene rings is 1. The number of hydrogen-bond acceptors (Lipinski definition) is 4. The molecule has 4 nitrogen and oxygen atoms in total. The van der Waals surface area contributed by atoms with E-state index in [1.807, 2.05) is 0 Å². The second-order valence-corrected chi connectivity index (χ2v) is 6.02. The van der Waals surface area contributed by atoms with Crippen LogP contribution >= 0.6 is 0 Å². The summed E-state index contributed by atoms with van der Waals surface area (Å²) in [5.41, 5.74) is 3.72. The van der Waals surface area contributed by atoms with Gasteiger partial charge in [0.2, 0.25) is 0 Å². The van der Waals surface area contributed by atoms with Crippen molar-refractivity contribution in [3.8, 4) is 0 Å². The molecule has 2 atom stereocenters. The van der Waals surface area contributed by atoms with Crippen molar-refractivity contribution in [1.82, 2.24) is 10.2 Å². The lowest BCUT2D eigenvalue weighted by atomic mass is 9.97. The van der Waals surface area contributed by atoms with Crippen molar-refractivity contribution >= 4 is 5.97 Å². The number of nitrogens with zero attached hydrogens (tertiary/aromatic N) is 1. The van der Waals surface area contributed by atoms with Crippen molar-refractivity contribution in [2.24, 2.45) is 0 Å². The zero-order valence-electron chi connectivity index (χ0n) is 13.5. The molecule has 0 radical (unpaired) electrons. The normalized spacial score (nSPS) is 21.0. The van der Waals surface area contributed by atoms with E-state index in [2.05, 4.69) is 49.2 Å². The average Bonchev–Trinajstić information content (AvgIpc) is 2.45. The summed E-state index contributed by atoms with van der Waals surface area (Å²) < 4.78 is 5.04. The van der Waals surface area contributed by atoms with E-state index >= 15 is 0 Å². The third-order valence-corrected chi connectivity index (χ3v) is 4.23. The summed E-state index contributed by atoms with van der Waals surface area (Å²) in [6, 6.07) is 6.62. The Balaban J connectivity index is 2.18. The van der Waals surface area contributed by atoms with E-state index in [9.17, 15) is 4.79 Å². The van der Waals surface area contributed by atoms with Gasteiger partial charge in [-0.15, -0.1) is 0 Å². The highest BCUT2D eigenvalue weighted by molar-refractivity contribution is 5.76. The van der Waals surface area contributed by atoms with Crippen molar-refractivity contribution in [1.29, 1.82) is 0 Å². The molecule has 0 bridgehead atoms. The molecule has 1 aliphatic heterocycles. The Morgan fingerprint density at radius 2 is 2.24 bits per heavy atom. The molecule has 0 saturated carbocycles. The predicted molar refractivity (Wildman–Crippen MR) is 84.5 cm³/mol. The fraction of sp³-hybridized carbons (Fsp3) is 0.588. The van der Waals surface area contributed by atoms with Crippen LogP contribution in [-0.4, -0.2) is 49.7 Å². The van der Waals surface area contributed by atoms with E-state index in [4.69, 9.17) is 4.74 Å². The number of methoxy groups -OCH3 is 1. The maximum absolute atomic E-state index is 12.2. The van der Waals surface area contributed by atoms with Crippen LogP contribution in [0.2, 0.25) is 0 Å². The number of esters is 1. The fourth-order valence-electron chi connectivity index (χ4n) is 3.03. The van der Waals surface area contributed by atoms with Gasteiger partial charge in [-0.3, -0.25) is 9.69 Å². The third-order valence-electron chi connectivity index (χ3n) is 4.23. The second-order valence-electron chi connectivity index (χ2n) is 6.02. The van der Waals surface area contributed by atoms with Gasteiger partial charge in [-0.25, -0.2) is 0 Å². The lowest BCUT2D eigenvalue weighted by molar-refractivity contribution is -0.147. The highest BCUT2D eigenvalue weighted by Crippen LogP contribution is 2.17. The van der Waals surface area contributed by atoms with Crippen LogP contribution in [0, 0.1) is 13.8 Å². The van der Waals surface area contributed by atoms with E-state index in [0.29, 0.717) is 12.5 Å². The lowest BCUT2D eigenvalue weighted by Crippen LogP contribution is -2.55. The zero-order chi connectivity index (χ0) is 15.4. The summed E-state index contributed by atoms with van der Waals surface area (Å²) in [5.74, 6) is -0.135. The van der Waals surface area contributed by atoms with E-state index in [1.54, 1.807) is 0 Å². The Morgan fingerprint density at radius 1 is 1.48 bits per heavy atom. The number of ether oxygens (including phenoxy) is 1. The van der Waals surface area contributed by atoms with Gasteiger partial charge in [-0.05, 0) is 38.3 Å². The van der Waals surface area contributed by atoms with Crippen LogP contribution in [0.5, 0.6) is 0 Å². The molecule has 1 N–H and O–H groups in total. The van der Waals surface area contributed by atoms with Crippen LogP contribution in [-0.2, 0) is 16.0 Å². The SMILES string of the molecule is COC(=O)[C@H](Cc1ccc(C)cc1C)N1CCNC(C)C1. The summed E-state index contributed by atoms with van der Waals surface area (Å²) in [6.45, 7) is 9.03. The van der Waals surface area contributed by atoms with Gasteiger partial charge in [0, 0.05) is 25.7 Å². The summed E-state index contributed by atoms with van der Waals surface area (Å²) in [7, 11) is 1.48. The number of piperazine rings is 1. The van der Waals surface area contributed by atoms with E-state index in [1.165, 1.54) is 23.8 Å². The van der Waals surface area contributed by atoms with Gasteiger partial charge in [0.1, 0.15) is 6.04 Å².